The van der Waals surface area contributed by atoms with Gasteiger partial charge in [0.15, 0.2) is 5.54 Å². The van der Waals surface area contributed by atoms with Crippen LogP contribution in [-0.2, 0) is 19.1 Å². The first-order valence-electron chi connectivity index (χ1n) is 8.40. The van der Waals surface area contributed by atoms with Crippen LogP contribution in [0.2, 0.25) is 0 Å². The Morgan fingerprint density at radius 2 is 2.08 bits per heavy atom. The van der Waals surface area contributed by atoms with Crippen LogP contribution < -0.4 is 5.73 Å². The van der Waals surface area contributed by atoms with Gasteiger partial charge in [0, 0.05) is 6.54 Å². The summed E-state index contributed by atoms with van der Waals surface area (Å²) in [6, 6.07) is -1.12. The van der Waals surface area contributed by atoms with Gasteiger partial charge in [-0.2, -0.15) is 0 Å². The summed E-state index contributed by atoms with van der Waals surface area (Å²) in [4.78, 5) is 39.6. The second kappa shape index (κ2) is 6.80. The molecule has 0 aliphatic carbocycles. The second-order valence-electron chi connectivity index (χ2n) is 7.47. The number of primary amides is 1. The highest BCUT2D eigenvalue weighted by Gasteiger charge is 2.62. The van der Waals surface area contributed by atoms with E-state index in [2.05, 4.69) is 0 Å². The van der Waals surface area contributed by atoms with Crippen LogP contribution in [0.15, 0.2) is 0 Å². The van der Waals surface area contributed by atoms with Gasteiger partial charge < -0.3 is 25.2 Å². The molecule has 2 heterocycles. The van der Waals surface area contributed by atoms with Crippen molar-refractivity contribution in [2.24, 2.45) is 5.73 Å². The van der Waals surface area contributed by atoms with Crippen LogP contribution in [0, 0.1) is 0 Å². The molecule has 0 aromatic rings. The molecule has 2 aliphatic heterocycles. The largest absolute Gasteiger partial charge is 0.444 e. The molecule has 9 heteroatoms. The Bertz CT molecular complexity index is 561. The summed E-state index contributed by atoms with van der Waals surface area (Å²) in [6.07, 6.45) is -1.38. The van der Waals surface area contributed by atoms with Gasteiger partial charge in [0.05, 0.1) is 25.9 Å². The number of likely N-dealkylation sites (tertiary alicyclic amines) is 1. The third kappa shape index (κ3) is 3.57. The number of rotatable bonds is 4. The van der Waals surface area contributed by atoms with Gasteiger partial charge in [-0.05, 0) is 27.2 Å². The summed E-state index contributed by atoms with van der Waals surface area (Å²) in [5, 5.41) is 10.0. The minimum Gasteiger partial charge on any atom is -0.444 e. The third-order valence-electron chi connectivity index (χ3n) is 4.43. The molecule has 3 atom stereocenters. The maximum atomic E-state index is 12.9. The van der Waals surface area contributed by atoms with E-state index in [-0.39, 0.29) is 26.1 Å². The smallest absolute Gasteiger partial charge is 0.411 e. The second-order valence-corrected chi connectivity index (χ2v) is 7.47. The number of ether oxygens (including phenoxy) is 2. The number of hydrogen-bond acceptors (Lipinski definition) is 6. The van der Waals surface area contributed by atoms with Crippen LogP contribution in [0.1, 0.15) is 34.1 Å². The molecule has 0 radical (unpaired) electrons. The zero-order valence-corrected chi connectivity index (χ0v) is 15.2. The average Bonchev–Trinajstić information content (AvgIpc) is 2.52. The van der Waals surface area contributed by atoms with Crippen LogP contribution in [0.25, 0.3) is 0 Å². The Labute approximate surface area is 147 Å². The number of aliphatic hydroxyl groups is 1. The minimum absolute atomic E-state index is 0.0231. The summed E-state index contributed by atoms with van der Waals surface area (Å²) < 4.78 is 10.8. The van der Waals surface area contributed by atoms with Gasteiger partial charge in [0.25, 0.3) is 5.91 Å². The van der Waals surface area contributed by atoms with Crippen molar-refractivity contribution in [3.05, 3.63) is 0 Å². The summed E-state index contributed by atoms with van der Waals surface area (Å²) >= 11 is 0. The number of hydrogen-bond donors (Lipinski definition) is 2. The minimum atomic E-state index is -1.21. The Hall–Kier alpha value is -1.87. The highest BCUT2D eigenvalue weighted by Crippen LogP contribution is 2.35. The van der Waals surface area contributed by atoms with Crippen molar-refractivity contribution in [3.63, 3.8) is 0 Å². The lowest BCUT2D eigenvalue weighted by Crippen LogP contribution is -2.81. The Kier molecular flexibility index (Phi) is 5.29. The van der Waals surface area contributed by atoms with E-state index in [1.54, 1.807) is 27.7 Å². The summed E-state index contributed by atoms with van der Waals surface area (Å²) in [5.41, 5.74) is 3.45. The van der Waals surface area contributed by atoms with Crippen LogP contribution >= 0.6 is 0 Å². The van der Waals surface area contributed by atoms with E-state index < -0.39 is 41.2 Å². The Morgan fingerprint density at radius 1 is 1.44 bits per heavy atom. The van der Waals surface area contributed by atoms with Crippen molar-refractivity contribution in [1.29, 1.82) is 0 Å². The van der Waals surface area contributed by atoms with Crippen molar-refractivity contribution in [2.75, 3.05) is 26.3 Å². The van der Waals surface area contributed by atoms with Crippen LogP contribution in [0.4, 0.5) is 4.79 Å². The molecule has 1 unspecified atom stereocenters. The maximum Gasteiger partial charge on any atom is 0.411 e. The molecule has 2 rings (SSSR count). The lowest BCUT2D eigenvalue weighted by Gasteiger charge is -2.57. The van der Waals surface area contributed by atoms with Gasteiger partial charge in [-0.3, -0.25) is 14.5 Å². The van der Waals surface area contributed by atoms with Crippen LogP contribution in [0.5, 0.6) is 0 Å². The first-order chi connectivity index (χ1) is 11.5. The SMILES string of the molecule is CC[C@@H](O)[C@@H](C(N)=O)N1CC2(COCCN2C(=O)OC(C)(C)C)C1=O. The summed E-state index contributed by atoms with van der Waals surface area (Å²) in [6.45, 7) is 7.52. The number of aliphatic hydroxyl groups excluding tert-OH is 1. The topological polar surface area (TPSA) is 122 Å². The first-order valence-corrected chi connectivity index (χ1v) is 8.40. The van der Waals surface area contributed by atoms with Crippen molar-refractivity contribution >= 4 is 17.9 Å². The normalized spacial score (nSPS) is 26.2. The van der Waals surface area contributed by atoms with Crippen molar-refractivity contribution in [3.8, 4) is 0 Å². The van der Waals surface area contributed by atoms with E-state index in [9.17, 15) is 19.5 Å². The highest BCUT2D eigenvalue weighted by atomic mass is 16.6. The number of carbonyl (C=O) groups excluding carboxylic acids is 3. The molecule has 25 heavy (non-hydrogen) atoms. The fraction of sp³-hybridized carbons (Fsp3) is 0.812. The lowest BCUT2D eigenvalue weighted by atomic mass is 9.83. The molecule has 2 saturated heterocycles. The Morgan fingerprint density at radius 3 is 2.56 bits per heavy atom. The number of nitrogens with two attached hydrogens (primary N) is 1. The van der Waals surface area contributed by atoms with Crippen molar-refractivity contribution in [1.82, 2.24) is 9.80 Å². The molecule has 0 aromatic heterocycles. The third-order valence-corrected chi connectivity index (χ3v) is 4.43. The average molecular weight is 357 g/mol. The number of β-lactam (4-membered cyclic amide) rings is 1. The number of amides is 3. The standard InChI is InChI=1S/C16H27N3O6/c1-5-10(20)11(12(17)21)18-8-16(13(18)22)9-24-7-6-19(16)14(23)25-15(2,3)4/h10-11,20H,5-9H2,1-4H3,(H2,17,21)/t10-,11+,16?/m1/s1. The first kappa shape index (κ1) is 19.5. The number of nitrogens with zero attached hydrogens (tertiary/aromatic N) is 2. The zero-order chi connectivity index (χ0) is 19.0. The van der Waals surface area contributed by atoms with Crippen molar-refractivity contribution in [2.45, 2.75) is 57.4 Å². The monoisotopic (exact) mass is 357 g/mol. The fourth-order valence-corrected chi connectivity index (χ4v) is 3.18. The molecule has 142 valence electrons. The van der Waals surface area contributed by atoms with Gasteiger partial charge in [0.2, 0.25) is 5.91 Å². The molecule has 2 aliphatic rings. The van der Waals surface area contributed by atoms with E-state index in [4.69, 9.17) is 15.2 Å². The number of carbonyl (C=O) groups is 3. The van der Waals surface area contributed by atoms with Gasteiger partial charge in [-0.1, -0.05) is 6.92 Å². The molecule has 0 bridgehead atoms. The van der Waals surface area contributed by atoms with E-state index in [1.807, 2.05) is 0 Å². The zero-order valence-electron chi connectivity index (χ0n) is 15.2. The molecule has 9 nitrogen and oxygen atoms in total. The molecule has 0 aromatic carbocycles. The lowest BCUT2D eigenvalue weighted by molar-refractivity contribution is -0.189. The molecule has 2 fully saturated rings. The highest BCUT2D eigenvalue weighted by molar-refractivity contribution is 5.99. The van der Waals surface area contributed by atoms with Gasteiger partial charge in [0.1, 0.15) is 11.6 Å². The van der Waals surface area contributed by atoms with E-state index in [0.717, 1.165) is 0 Å². The maximum absolute atomic E-state index is 12.9. The number of morpholine rings is 1. The van der Waals surface area contributed by atoms with Crippen LogP contribution in [-0.4, -0.2) is 82.4 Å². The van der Waals surface area contributed by atoms with Gasteiger partial charge in [-0.25, -0.2) is 4.79 Å². The quantitative estimate of drug-likeness (QED) is 0.652. The molecule has 3 N–H and O–H groups in total. The molecule has 3 amide bonds. The van der Waals surface area contributed by atoms with E-state index >= 15 is 0 Å². The van der Waals surface area contributed by atoms with E-state index in [1.165, 1.54) is 9.80 Å². The Balaban J connectivity index is 2.21. The van der Waals surface area contributed by atoms with Gasteiger partial charge in [-0.15, -0.1) is 0 Å². The summed E-state index contributed by atoms with van der Waals surface area (Å²) in [5.74, 6) is -1.24. The predicted octanol–water partition coefficient (Wildman–Crippen LogP) is -0.540. The van der Waals surface area contributed by atoms with Crippen LogP contribution in [0.3, 0.4) is 0 Å². The van der Waals surface area contributed by atoms with Crippen molar-refractivity contribution < 1.29 is 29.0 Å². The molecule has 1 spiro atoms. The van der Waals surface area contributed by atoms with E-state index in [0.29, 0.717) is 6.61 Å². The molecule has 0 saturated carbocycles. The van der Waals surface area contributed by atoms with Gasteiger partial charge >= 0.3 is 6.09 Å². The fourth-order valence-electron chi connectivity index (χ4n) is 3.18. The summed E-state index contributed by atoms with van der Waals surface area (Å²) in [7, 11) is 0. The predicted molar refractivity (Wildman–Crippen MR) is 87.5 cm³/mol. The molecular weight excluding hydrogens is 330 g/mol. The molecular formula is C16H27N3O6.